The van der Waals surface area contributed by atoms with Gasteiger partial charge in [0.15, 0.2) is 0 Å². The molecule has 18 heteroatoms. The maximum atomic E-state index is 14.9. The van der Waals surface area contributed by atoms with E-state index in [2.05, 4.69) is 10.6 Å². The van der Waals surface area contributed by atoms with Crippen molar-refractivity contribution in [3.63, 3.8) is 0 Å². The maximum Gasteiger partial charge on any atom is 0.408 e. The van der Waals surface area contributed by atoms with Crippen molar-refractivity contribution in [1.82, 2.24) is 30.2 Å². The molecule has 328 valence electrons. The smallest absolute Gasteiger partial charge is 0.408 e. The molecule has 3 heterocycles. The van der Waals surface area contributed by atoms with Crippen molar-refractivity contribution in [2.45, 2.75) is 140 Å². The first-order valence-corrected chi connectivity index (χ1v) is 22.7. The Hall–Kier alpha value is -4.35. The van der Waals surface area contributed by atoms with Crippen LogP contribution in [0.4, 0.5) is 13.6 Å². The van der Waals surface area contributed by atoms with Crippen molar-refractivity contribution in [2.75, 3.05) is 13.7 Å². The second-order valence-electron chi connectivity index (χ2n) is 19.3. The highest BCUT2D eigenvalue weighted by atomic mass is 32.2. The number of aromatic nitrogens is 2. The summed E-state index contributed by atoms with van der Waals surface area (Å²) in [5, 5.41) is 5.31. The summed E-state index contributed by atoms with van der Waals surface area (Å²) in [6.07, 6.45) is 0.962. The quantitative estimate of drug-likeness (QED) is 0.351. The topological polar surface area (TPSA) is 195 Å². The summed E-state index contributed by atoms with van der Waals surface area (Å²) in [4.78, 5) is 68.0. The number of sulfonamides is 1. The van der Waals surface area contributed by atoms with E-state index in [9.17, 15) is 36.4 Å². The van der Waals surface area contributed by atoms with Gasteiger partial charge < -0.3 is 29.7 Å². The molecule has 60 heavy (non-hydrogen) atoms. The summed E-state index contributed by atoms with van der Waals surface area (Å²) in [5.74, 6) is -3.37. The van der Waals surface area contributed by atoms with E-state index in [1.807, 2.05) is 10.8 Å². The molecule has 0 radical (unpaired) electrons. The molecule has 1 unspecified atom stereocenters. The molecular formula is C42H56F2N6O9S. The Morgan fingerprint density at radius 3 is 2.45 bits per heavy atom. The van der Waals surface area contributed by atoms with E-state index in [0.29, 0.717) is 53.6 Å². The van der Waals surface area contributed by atoms with Crippen molar-refractivity contribution >= 4 is 44.9 Å². The Balaban J connectivity index is 1.15. The number of benzene rings is 1. The van der Waals surface area contributed by atoms with Crippen LogP contribution in [0.25, 0.3) is 11.0 Å². The predicted molar refractivity (Wildman–Crippen MR) is 213 cm³/mol. The van der Waals surface area contributed by atoms with E-state index in [1.165, 1.54) is 18.9 Å². The first kappa shape index (κ1) is 42.3. The fourth-order valence-electron chi connectivity index (χ4n) is 9.73. The van der Waals surface area contributed by atoms with E-state index < -0.39 is 92.4 Å². The molecule has 1 aromatic carbocycles. The summed E-state index contributed by atoms with van der Waals surface area (Å²) < 4.78 is 73.8. The van der Waals surface area contributed by atoms with Crippen molar-refractivity contribution < 1.29 is 50.6 Å². The number of nitrogens with zero attached hydrogens (tertiary/aromatic N) is 3. The lowest BCUT2D eigenvalue weighted by Gasteiger charge is -2.36. The number of carbonyl (C=O) groups excluding carboxylic acids is 4. The van der Waals surface area contributed by atoms with Crippen molar-refractivity contribution in [3.05, 3.63) is 23.9 Å². The van der Waals surface area contributed by atoms with Crippen molar-refractivity contribution in [3.8, 4) is 11.6 Å². The van der Waals surface area contributed by atoms with Gasteiger partial charge in [-0.15, -0.1) is 0 Å². The number of aryl methyl sites for hydroxylation is 1. The molecule has 2 bridgehead atoms. The molecule has 0 spiro atoms. The maximum absolute atomic E-state index is 14.9. The van der Waals surface area contributed by atoms with Crippen LogP contribution >= 0.6 is 0 Å². The van der Waals surface area contributed by atoms with Gasteiger partial charge >= 0.3 is 6.09 Å². The molecule has 10 atom stereocenters. The molecule has 6 aliphatic rings. The van der Waals surface area contributed by atoms with Gasteiger partial charge in [-0.3, -0.25) is 19.1 Å². The average Bonchev–Trinajstić information content (AvgIpc) is 4.13. The number of hydrogen-bond acceptors (Lipinski definition) is 11. The number of nitrogens with one attached hydrogen (secondary N) is 3. The second kappa shape index (κ2) is 15.2. The normalized spacial score (nSPS) is 33.8. The van der Waals surface area contributed by atoms with Crippen LogP contribution in [0.5, 0.6) is 11.6 Å². The number of fused-ring (bicyclic) bond motifs is 7. The lowest BCUT2D eigenvalue weighted by molar-refractivity contribution is -0.143. The summed E-state index contributed by atoms with van der Waals surface area (Å²) in [7, 11) is -2.70. The summed E-state index contributed by atoms with van der Waals surface area (Å²) >= 11 is 0. The minimum Gasteiger partial charge on any atom is -0.497 e. The highest BCUT2D eigenvalue weighted by molar-refractivity contribution is 7.91. The second-order valence-corrected chi connectivity index (χ2v) is 21.5. The van der Waals surface area contributed by atoms with Crippen molar-refractivity contribution in [2.24, 2.45) is 35.0 Å². The van der Waals surface area contributed by atoms with Crippen LogP contribution in [0.3, 0.4) is 0 Å². The van der Waals surface area contributed by atoms with Crippen LogP contribution in [-0.2, 0) is 35.6 Å². The third-order valence-electron chi connectivity index (χ3n) is 14.0. The first-order chi connectivity index (χ1) is 28.2. The van der Waals surface area contributed by atoms with E-state index in [0.717, 1.165) is 38.5 Å². The fraction of sp³-hybridized carbons (Fsp3) is 0.714. The summed E-state index contributed by atoms with van der Waals surface area (Å²) in [5.41, 5.74) is -1.43. The molecule has 15 nitrogen and oxygen atoms in total. The van der Waals surface area contributed by atoms with Crippen molar-refractivity contribution in [1.29, 1.82) is 0 Å². The summed E-state index contributed by atoms with van der Waals surface area (Å²) in [6, 6.07) is 2.72. The number of alkyl halides is 2. The monoisotopic (exact) mass is 858 g/mol. The minimum absolute atomic E-state index is 0.184. The zero-order chi connectivity index (χ0) is 43.1. The minimum atomic E-state index is -4.24. The van der Waals surface area contributed by atoms with E-state index >= 15 is 0 Å². The Labute approximate surface area is 348 Å². The predicted octanol–water partition coefficient (Wildman–Crippen LogP) is 4.65. The number of ether oxygens (including phenoxy) is 3. The zero-order valence-corrected chi connectivity index (χ0v) is 35.8. The molecule has 1 saturated heterocycles. The first-order valence-electron chi connectivity index (χ1n) is 21.2. The van der Waals surface area contributed by atoms with Gasteiger partial charge in [-0.05, 0) is 93.6 Å². The molecule has 8 rings (SSSR count). The van der Waals surface area contributed by atoms with Crippen LogP contribution < -0.4 is 24.8 Å². The molecule has 2 aromatic rings. The lowest BCUT2D eigenvalue weighted by atomic mass is 9.85. The summed E-state index contributed by atoms with van der Waals surface area (Å²) in [6.45, 7) is 8.23. The van der Waals surface area contributed by atoms with Gasteiger partial charge in [0.2, 0.25) is 34.1 Å². The van der Waals surface area contributed by atoms with Gasteiger partial charge in [0, 0.05) is 12.0 Å². The van der Waals surface area contributed by atoms with Gasteiger partial charge in [-0.2, -0.15) is 0 Å². The zero-order valence-electron chi connectivity index (χ0n) is 35.0. The van der Waals surface area contributed by atoms with Crippen LogP contribution in [-0.4, -0.2) is 102 Å². The van der Waals surface area contributed by atoms with Crippen LogP contribution in [0, 0.1) is 35.0 Å². The SMILES string of the molecule is COc1ccc2nc3c(nc2c1)O[C@H]1CN(C(=O)[C@H](C(C)(C)C)NC(=O)O[C@@H]2C[C@@H]4CC4[C@H]2CCCCC3)[C@H](C(=O)N[C@]2(C(=O)NS(=O)(=O)C3(C)CC3)C[C@H]2C(F)F)[C@@H]1C. The average molecular weight is 859 g/mol. The number of hydrogen-bond donors (Lipinski definition) is 3. The largest absolute Gasteiger partial charge is 0.497 e. The highest BCUT2D eigenvalue weighted by Gasteiger charge is 2.68. The third-order valence-corrected chi connectivity index (χ3v) is 16.2. The number of alkyl carbamates (subject to hydrolysis) is 1. The molecule has 5 fully saturated rings. The van der Waals surface area contributed by atoms with E-state index in [-0.39, 0.29) is 24.4 Å². The highest BCUT2D eigenvalue weighted by Crippen LogP contribution is 2.58. The number of halogens is 2. The lowest BCUT2D eigenvalue weighted by Crippen LogP contribution is -2.61. The van der Waals surface area contributed by atoms with Gasteiger partial charge in [-0.1, -0.05) is 40.5 Å². The molecule has 4 aliphatic carbocycles. The molecule has 1 aromatic heterocycles. The standard InChI is InChI=1S/C42H56F2N6O9S/c1-21-31-20-50(32(21)35(51)48-42(19-26(42)34(43)44)38(53)49-60(55,56)41(5)14-15-41)37(52)33(40(2,3)4)47-39(54)59-30-17-22-16-25(22)24(30)10-8-7-9-11-28-36(58-31)46-29-18-23(57-6)12-13-27(29)45-28/h12-13,18,21-22,24-26,30-34H,7-11,14-17,19-20H2,1-6H3,(H,47,54)(H,48,51)(H,49,53)/t21-,22+,24-,25?,26+,30-,31+,32+,33-,42-/m1/s1. The number of rotatable bonds is 7. The Kier molecular flexibility index (Phi) is 10.7. The van der Waals surface area contributed by atoms with E-state index in [1.54, 1.807) is 39.8 Å². The Morgan fingerprint density at radius 2 is 1.78 bits per heavy atom. The van der Waals surface area contributed by atoms with Gasteiger partial charge in [0.05, 0.1) is 35.4 Å². The van der Waals surface area contributed by atoms with Gasteiger partial charge in [-0.25, -0.2) is 32.0 Å². The number of carbonyl (C=O) groups is 4. The van der Waals surface area contributed by atoms with Gasteiger partial charge in [0.1, 0.15) is 41.3 Å². The Bertz CT molecular complexity index is 2180. The van der Waals surface area contributed by atoms with Crippen LogP contribution in [0.1, 0.15) is 98.1 Å². The van der Waals surface area contributed by atoms with Crippen LogP contribution in [0.15, 0.2) is 18.2 Å². The number of methoxy groups -OCH3 is 1. The molecule has 3 N–H and O–H groups in total. The van der Waals surface area contributed by atoms with E-state index in [4.69, 9.17) is 24.2 Å². The van der Waals surface area contributed by atoms with Gasteiger partial charge in [0.25, 0.3) is 5.91 Å². The molecular weight excluding hydrogens is 803 g/mol. The third kappa shape index (κ3) is 7.85. The molecule has 4 amide bonds. The molecule has 4 saturated carbocycles. The number of amides is 4. The van der Waals surface area contributed by atoms with Crippen LogP contribution in [0.2, 0.25) is 0 Å². The fourth-order valence-corrected chi connectivity index (χ4v) is 11.0. The molecule has 2 aliphatic heterocycles. The Morgan fingerprint density at radius 1 is 1.03 bits per heavy atom.